The molecule has 0 aliphatic carbocycles. The SMILES string of the molecule is CN(C)c1ccc(CNC(=O)C[C@@H]2c3ncccc3C(=O)N2c2ccc(Cl)cc2)cc1. The summed E-state index contributed by atoms with van der Waals surface area (Å²) >= 11 is 6.01. The van der Waals surface area contributed by atoms with Gasteiger partial charge in [0.15, 0.2) is 0 Å². The number of fused-ring (bicyclic) bond motifs is 1. The van der Waals surface area contributed by atoms with Crippen molar-refractivity contribution >= 4 is 34.8 Å². The van der Waals surface area contributed by atoms with Crippen LogP contribution in [0.15, 0.2) is 66.9 Å². The highest BCUT2D eigenvalue weighted by Gasteiger charge is 2.39. The van der Waals surface area contributed by atoms with Crippen LogP contribution in [0.4, 0.5) is 11.4 Å². The molecule has 0 spiro atoms. The summed E-state index contributed by atoms with van der Waals surface area (Å²) < 4.78 is 0. The quantitative estimate of drug-likeness (QED) is 0.631. The smallest absolute Gasteiger partial charge is 0.260 e. The molecule has 1 N–H and O–H groups in total. The van der Waals surface area contributed by atoms with Crippen molar-refractivity contribution in [3.63, 3.8) is 0 Å². The van der Waals surface area contributed by atoms with E-state index in [2.05, 4.69) is 10.3 Å². The zero-order valence-corrected chi connectivity index (χ0v) is 18.1. The van der Waals surface area contributed by atoms with Crippen molar-refractivity contribution in [3.8, 4) is 0 Å². The molecular formula is C24H23ClN4O2. The monoisotopic (exact) mass is 434 g/mol. The molecule has 31 heavy (non-hydrogen) atoms. The molecule has 0 saturated carbocycles. The molecule has 1 aliphatic rings. The Kier molecular flexibility index (Phi) is 5.91. The van der Waals surface area contributed by atoms with E-state index in [0.717, 1.165) is 11.3 Å². The standard InChI is InChI=1S/C24H23ClN4O2/c1-28(2)18-9-5-16(6-10-18)15-27-22(30)14-21-23-20(4-3-13-26-23)24(31)29(21)19-11-7-17(25)8-12-19/h3-13,21H,14-15H2,1-2H3,(H,27,30)/t21-/m1/s1. The maximum Gasteiger partial charge on any atom is 0.260 e. The lowest BCUT2D eigenvalue weighted by Gasteiger charge is -2.24. The number of amides is 2. The van der Waals surface area contributed by atoms with Crippen molar-refractivity contribution < 1.29 is 9.59 Å². The van der Waals surface area contributed by atoms with Gasteiger partial charge in [0, 0.05) is 43.2 Å². The van der Waals surface area contributed by atoms with Crippen LogP contribution in [0, 0.1) is 0 Å². The van der Waals surface area contributed by atoms with Crippen molar-refractivity contribution in [2.45, 2.75) is 19.0 Å². The number of nitrogens with zero attached hydrogens (tertiary/aromatic N) is 3. The minimum absolute atomic E-state index is 0.119. The van der Waals surface area contributed by atoms with Gasteiger partial charge in [-0.3, -0.25) is 19.5 Å². The van der Waals surface area contributed by atoms with Gasteiger partial charge in [0.1, 0.15) is 0 Å². The third kappa shape index (κ3) is 4.39. The zero-order chi connectivity index (χ0) is 22.0. The number of rotatable bonds is 6. The summed E-state index contributed by atoms with van der Waals surface area (Å²) in [6.07, 6.45) is 1.77. The number of pyridine rings is 1. The van der Waals surface area contributed by atoms with Gasteiger partial charge >= 0.3 is 0 Å². The van der Waals surface area contributed by atoms with E-state index in [0.29, 0.717) is 28.5 Å². The predicted octanol–water partition coefficient (Wildman–Crippen LogP) is 4.21. The van der Waals surface area contributed by atoms with Gasteiger partial charge in [-0.2, -0.15) is 0 Å². The van der Waals surface area contributed by atoms with Gasteiger partial charge in [0.05, 0.1) is 23.7 Å². The number of benzene rings is 2. The van der Waals surface area contributed by atoms with E-state index in [1.807, 2.05) is 43.3 Å². The van der Waals surface area contributed by atoms with E-state index in [-0.39, 0.29) is 18.2 Å². The largest absolute Gasteiger partial charge is 0.378 e. The highest BCUT2D eigenvalue weighted by molar-refractivity contribution is 6.30. The zero-order valence-electron chi connectivity index (χ0n) is 17.4. The molecule has 1 aliphatic heterocycles. The molecule has 6 nitrogen and oxygen atoms in total. The summed E-state index contributed by atoms with van der Waals surface area (Å²) in [4.78, 5) is 33.9. The van der Waals surface area contributed by atoms with Crippen LogP contribution >= 0.6 is 11.6 Å². The van der Waals surface area contributed by atoms with Crippen molar-refractivity contribution in [2.24, 2.45) is 0 Å². The Bertz CT molecular complexity index is 1100. The van der Waals surface area contributed by atoms with Crippen molar-refractivity contribution in [3.05, 3.63) is 88.7 Å². The normalized spacial score (nSPS) is 15.0. The number of carbonyl (C=O) groups excluding carboxylic acids is 2. The Balaban J connectivity index is 1.50. The van der Waals surface area contributed by atoms with Crippen LogP contribution in [0.3, 0.4) is 0 Å². The molecule has 7 heteroatoms. The summed E-state index contributed by atoms with van der Waals surface area (Å²) in [5, 5.41) is 3.55. The Morgan fingerprint density at radius 3 is 2.48 bits per heavy atom. The molecule has 4 rings (SSSR count). The lowest BCUT2D eigenvalue weighted by Crippen LogP contribution is -2.32. The number of carbonyl (C=O) groups is 2. The van der Waals surface area contributed by atoms with Gasteiger partial charge in [0.2, 0.25) is 5.91 Å². The number of anilines is 2. The highest BCUT2D eigenvalue weighted by Crippen LogP contribution is 2.38. The predicted molar refractivity (Wildman–Crippen MR) is 122 cm³/mol. The third-order valence-electron chi connectivity index (χ3n) is 5.34. The number of halogens is 1. The second kappa shape index (κ2) is 8.78. The first kappa shape index (κ1) is 20.9. The minimum Gasteiger partial charge on any atom is -0.378 e. The van der Waals surface area contributed by atoms with Gasteiger partial charge < -0.3 is 10.2 Å². The molecule has 3 aromatic rings. The number of hydrogen-bond acceptors (Lipinski definition) is 4. The third-order valence-corrected chi connectivity index (χ3v) is 5.59. The molecule has 158 valence electrons. The molecule has 0 bridgehead atoms. The van der Waals surface area contributed by atoms with Crippen LogP contribution in [0.1, 0.15) is 34.1 Å². The van der Waals surface area contributed by atoms with Gasteiger partial charge in [0.25, 0.3) is 5.91 Å². The average molecular weight is 435 g/mol. The molecule has 2 aromatic carbocycles. The molecule has 1 aromatic heterocycles. The minimum atomic E-state index is -0.471. The van der Waals surface area contributed by atoms with Gasteiger partial charge in [-0.25, -0.2) is 0 Å². The molecule has 2 amide bonds. The number of nitrogens with one attached hydrogen (secondary N) is 1. The van der Waals surface area contributed by atoms with Crippen LogP contribution < -0.4 is 15.1 Å². The molecule has 0 saturated heterocycles. The molecular weight excluding hydrogens is 412 g/mol. The lowest BCUT2D eigenvalue weighted by molar-refractivity contribution is -0.121. The van der Waals surface area contributed by atoms with Gasteiger partial charge in [-0.15, -0.1) is 0 Å². The lowest BCUT2D eigenvalue weighted by atomic mass is 10.1. The molecule has 0 fully saturated rings. The fourth-order valence-electron chi connectivity index (χ4n) is 3.70. The van der Waals surface area contributed by atoms with E-state index in [9.17, 15) is 9.59 Å². The maximum atomic E-state index is 13.1. The topological polar surface area (TPSA) is 65.5 Å². The van der Waals surface area contributed by atoms with E-state index < -0.39 is 6.04 Å². The summed E-state index contributed by atoms with van der Waals surface area (Å²) in [5.74, 6) is -0.311. The fraction of sp³-hybridized carbons (Fsp3) is 0.208. The van der Waals surface area contributed by atoms with Gasteiger partial charge in [-0.05, 0) is 54.1 Å². The molecule has 0 unspecified atom stereocenters. The summed E-state index contributed by atoms with van der Waals surface area (Å²) in [6.45, 7) is 0.420. The number of aromatic nitrogens is 1. The molecule has 2 heterocycles. The van der Waals surface area contributed by atoms with E-state index in [1.54, 1.807) is 47.5 Å². The Labute approximate surface area is 186 Å². The second-order valence-corrected chi connectivity index (χ2v) is 8.08. The van der Waals surface area contributed by atoms with Crippen molar-refractivity contribution in [1.29, 1.82) is 0 Å². The van der Waals surface area contributed by atoms with E-state index in [4.69, 9.17) is 11.6 Å². The second-order valence-electron chi connectivity index (χ2n) is 7.65. The van der Waals surface area contributed by atoms with E-state index in [1.165, 1.54) is 0 Å². The van der Waals surface area contributed by atoms with Crippen LogP contribution in [0.25, 0.3) is 0 Å². The Morgan fingerprint density at radius 2 is 1.81 bits per heavy atom. The van der Waals surface area contributed by atoms with Crippen LogP contribution in [0.2, 0.25) is 5.02 Å². The number of hydrogen-bond donors (Lipinski definition) is 1. The Hall–Kier alpha value is -3.38. The fourth-order valence-corrected chi connectivity index (χ4v) is 3.83. The summed E-state index contributed by atoms with van der Waals surface area (Å²) in [7, 11) is 3.97. The van der Waals surface area contributed by atoms with Crippen molar-refractivity contribution in [2.75, 3.05) is 23.9 Å². The average Bonchev–Trinajstić information content (AvgIpc) is 3.05. The molecule has 0 radical (unpaired) electrons. The van der Waals surface area contributed by atoms with Crippen molar-refractivity contribution in [1.82, 2.24) is 10.3 Å². The first-order chi connectivity index (χ1) is 14.9. The summed E-state index contributed by atoms with van der Waals surface area (Å²) in [6, 6.07) is 18.0. The first-order valence-electron chi connectivity index (χ1n) is 10.0. The highest BCUT2D eigenvalue weighted by atomic mass is 35.5. The van der Waals surface area contributed by atoms with Crippen LogP contribution in [-0.2, 0) is 11.3 Å². The maximum absolute atomic E-state index is 13.1. The summed E-state index contributed by atoms with van der Waals surface area (Å²) in [5.41, 5.74) is 3.93. The van der Waals surface area contributed by atoms with E-state index >= 15 is 0 Å². The first-order valence-corrected chi connectivity index (χ1v) is 10.4. The molecule has 1 atom stereocenters. The van der Waals surface area contributed by atoms with Gasteiger partial charge in [-0.1, -0.05) is 23.7 Å². The Morgan fingerprint density at radius 1 is 1.10 bits per heavy atom. The van der Waals surface area contributed by atoms with Crippen LogP contribution in [0.5, 0.6) is 0 Å². The van der Waals surface area contributed by atoms with Crippen LogP contribution in [-0.4, -0.2) is 30.9 Å².